The number of halogens is 2. The van der Waals surface area contributed by atoms with Gasteiger partial charge in [-0.15, -0.1) is 0 Å². The molecule has 23 heavy (non-hydrogen) atoms. The van der Waals surface area contributed by atoms with Crippen LogP contribution in [0.5, 0.6) is 5.75 Å². The van der Waals surface area contributed by atoms with E-state index in [4.69, 9.17) is 4.74 Å². The second-order valence-corrected chi connectivity index (χ2v) is 5.01. The monoisotopic (exact) mass is 317 g/mol. The molecule has 0 aliphatic rings. The average molecular weight is 317 g/mol. The molecule has 0 saturated heterocycles. The van der Waals surface area contributed by atoms with Crippen molar-refractivity contribution in [2.24, 2.45) is 0 Å². The van der Waals surface area contributed by atoms with E-state index in [-0.39, 0.29) is 23.5 Å². The third-order valence-corrected chi connectivity index (χ3v) is 3.31. The molecule has 0 aliphatic carbocycles. The first-order valence-corrected chi connectivity index (χ1v) is 7.07. The summed E-state index contributed by atoms with van der Waals surface area (Å²) in [5.74, 6) is -1.05. The van der Waals surface area contributed by atoms with Gasteiger partial charge in [-0.25, -0.2) is 8.78 Å². The molecule has 1 atom stereocenters. The largest absolute Gasteiger partial charge is 0.494 e. The van der Waals surface area contributed by atoms with Gasteiger partial charge in [0.1, 0.15) is 5.82 Å². The highest BCUT2D eigenvalue weighted by molar-refractivity contribution is 5.91. The summed E-state index contributed by atoms with van der Waals surface area (Å²) in [4.78, 5) is 11.9. The van der Waals surface area contributed by atoms with Crippen molar-refractivity contribution in [2.75, 3.05) is 7.11 Å². The molecule has 0 spiro atoms. The van der Waals surface area contributed by atoms with Gasteiger partial charge >= 0.3 is 0 Å². The van der Waals surface area contributed by atoms with Gasteiger partial charge in [0.2, 0.25) is 5.91 Å². The zero-order valence-corrected chi connectivity index (χ0v) is 12.8. The normalized spacial score (nSPS) is 12.2. The summed E-state index contributed by atoms with van der Waals surface area (Å²) in [6.07, 6.45) is 2.82. The molecule has 5 heteroatoms. The summed E-state index contributed by atoms with van der Waals surface area (Å²) < 4.78 is 31.6. The summed E-state index contributed by atoms with van der Waals surface area (Å²) in [5.41, 5.74) is 1.21. The van der Waals surface area contributed by atoms with E-state index in [1.807, 2.05) is 0 Å². The Bertz CT molecular complexity index is 729. The van der Waals surface area contributed by atoms with Crippen LogP contribution in [0.3, 0.4) is 0 Å². The van der Waals surface area contributed by atoms with Crippen LogP contribution in [0.2, 0.25) is 0 Å². The maximum Gasteiger partial charge on any atom is 0.244 e. The molecule has 0 fully saturated rings. The maximum atomic E-state index is 13.7. The Balaban J connectivity index is 2.00. The third-order valence-electron chi connectivity index (χ3n) is 3.31. The Hall–Kier alpha value is -2.69. The van der Waals surface area contributed by atoms with Crippen LogP contribution in [0.4, 0.5) is 8.78 Å². The predicted octanol–water partition coefficient (Wildman–Crippen LogP) is 3.86. The SMILES string of the molecule is COc1ccc(C(C)NC(=O)/C=C/c2cccc(F)c2)cc1F. The van der Waals surface area contributed by atoms with Crippen LogP contribution in [0.25, 0.3) is 6.08 Å². The van der Waals surface area contributed by atoms with Crippen molar-refractivity contribution in [1.82, 2.24) is 5.32 Å². The standard InChI is InChI=1S/C18H17F2NO2/c1-12(14-7-8-17(23-2)16(20)11-14)21-18(22)9-6-13-4-3-5-15(19)10-13/h3-12H,1-2H3,(H,21,22)/b9-6+. The van der Waals surface area contributed by atoms with Gasteiger partial charge in [-0.2, -0.15) is 0 Å². The lowest BCUT2D eigenvalue weighted by molar-refractivity contribution is -0.117. The minimum absolute atomic E-state index is 0.151. The fourth-order valence-electron chi connectivity index (χ4n) is 2.08. The Kier molecular flexibility index (Phi) is 5.46. The molecule has 3 nitrogen and oxygen atoms in total. The van der Waals surface area contributed by atoms with Gasteiger partial charge in [-0.1, -0.05) is 18.2 Å². The molecule has 0 heterocycles. The van der Waals surface area contributed by atoms with Crippen LogP contribution in [0, 0.1) is 11.6 Å². The van der Waals surface area contributed by atoms with E-state index in [0.29, 0.717) is 11.1 Å². The van der Waals surface area contributed by atoms with Crippen molar-refractivity contribution in [3.8, 4) is 5.75 Å². The summed E-state index contributed by atoms with van der Waals surface area (Å²) in [6, 6.07) is 10.0. The Morgan fingerprint density at radius 1 is 1.22 bits per heavy atom. The first-order valence-electron chi connectivity index (χ1n) is 7.07. The van der Waals surface area contributed by atoms with E-state index in [9.17, 15) is 13.6 Å². The van der Waals surface area contributed by atoms with Crippen molar-refractivity contribution in [2.45, 2.75) is 13.0 Å². The van der Waals surface area contributed by atoms with E-state index in [1.165, 1.54) is 43.5 Å². The Labute approximate surface area is 133 Å². The van der Waals surface area contributed by atoms with Crippen LogP contribution in [0.15, 0.2) is 48.5 Å². The number of hydrogen-bond acceptors (Lipinski definition) is 2. The molecule has 1 N–H and O–H groups in total. The average Bonchev–Trinajstić information content (AvgIpc) is 2.53. The molecule has 0 bridgehead atoms. The number of rotatable bonds is 5. The van der Waals surface area contributed by atoms with Crippen molar-refractivity contribution < 1.29 is 18.3 Å². The van der Waals surface area contributed by atoms with Crippen LogP contribution in [-0.2, 0) is 4.79 Å². The third kappa shape index (κ3) is 4.64. The molecule has 0 aliphatic heterocycles. The highest BCUT2D eigenvalue weighted by atomic mass is 19.1. The maximum absolute atomic E-state index is 13.7. The predicted molar refractivity (Wildman–Crippen MR) is 84.9 cm³/mol. The number of amides is 1. The molecule has 0 saturated carbocycles. The summed E-state index contributed by atoms with van der Waals surface area (Å²) in [7, 11) is 1.39. The topological polar surface area (TPSA) is 38.3 Å². The number of benzene rings is 2. The molecule has 2 rings (SSSR count). The lowest BCUT2D eigenvalue weighted by atomic mass is 10.1. The fourth-order valence-corrected chi connectivity index (χ4v) is 2.08. The van der Waals surface area contributed by atoms with Crippen molar-refractivity contribution in [3.63, 3.8) is 0 Å². The molecular formula is C18H17F2NO2. The van der Waals surface area contributed by atoms with E-state index in [0.717, 1.165) is 0 Å². The van der Waals surface area contributed by atoms with Crippen LogP contribution < -0.4 is 10.1 Å². The second-order valence-electron chi connectivity index (χ2n) is 5.01. The number of carbonyl (C=O) groups is 1. The summed E-state index contributed by atoms with van der Waals surface area (Å²) in [5, 5.41) is 2.72. The molecule has 1 amide bonds. The van der Waals surface area contributed by atoms with Crippen molar-refractivity contribution in [1.29, 1.82) is 0 Å². The number of ether oxygens (including phenoxy) is 1. The minimum Gasteiger partial charge on any atom is -0.494 e. The molecule has 0 aromatic heterocycles. The number of nitrogens with one attached hydrogen (secondary N) is 1. The second kappa shape index (κ2) is 7.54. The minimum atomic E-state index is -0.485. The van der Waals surface area contributed by atoms with Gasteiger partial charge in [0.25, 0.3) is 0 Å². The highest BCUT2D eigenvalue weighted by Crippen LogP contribution is 2.21. The number of hydrogen-bond donors (Lipinski definition) is 1. The van der Waals surface area contributed by atoms with Crippen LogP contribution in [0.1, 0.15) is 24.1 Å². The van der Waals surface area contributed by atoms with Crippen molar-refractivity contribution >= 4 is 12.0 Å². The zero-order valence-electron chi connectivity index (χ0n) is 12.8. The Morgan fingerprint density at radius 3 is 2.65 bits per heavy atom. The van der Waals surface area contributed by atoms with Crippen LogP contribution >= 0.6 is 0 Å². The van der Waals surface area contributed by atoms with Crippen molar-refractivity contribution in [3.05, 3.63) is 71.3 Å². The molecule has 1 unspecified atom stereocenters. The van der Waals surface area contributed by atoms with E-state index >= 15 is 0 Å². The zero-order chi connectivity index (χ0) is 16.8. The van der Waals surface area contributed by atoms with E-state index in [1.54, 1.807) is 25.1 Å². The van der Waals surface area contributed by atoms with Gasteiger partial charge < -0.3 is 10.1 Å². The van der Waals surface area contributed by atoms with Gasteiger partial charge in [0, 0.05) is 6.08 Å². The summed E-state index contributed by atoms with van der Waals surface area (Å²) >= 11 is 0. The first-order chi connectivity index (χ1) is 11.0. The fraction of sp³-hybridized carbons (Fsp3) is 0.167. The quantitative estimate of drug-likeness (QED) is 0.850. The first kappa shape index (κ1) is 16.7. The number of carbonyl (C=O) groups excluding carboxylic acids is 1. The molecule has 2 aromatic rings. The van der Waals surface area contributed by atoms with Gasteiger partial charge in [0.05, 0.1) is 13.2 Å². The molecule has 0 radical (unpaired) electrons. The number of methoxy groups -OCH3 is 1. The lowest BCUT2D eigenvalue weighted by Gasteiger charge is -2.14. The molecule has 2 aromatic carbocycles. The van der Waals surface area contributed by atoms with Crippen LogP contribution in [-0.4, -0.2) is 13.0 Å². The van der Waals surface area contributed by atoms with Gasteiger partial charge in [-0.05, 0) is 48.4 Å². The van der Waals surface area contributed by atoms with E-state index in [2.05, 4.69) is 5.32 Å². The van der Waals surface area contributed by atoms with E-state index < -0.39 is 5.82 Å². The Morgan fingerprint density at radius 2 is 2.00 bits per heavy atom. The molecule has 120 valence electrons. The summed E-state index contributed by atoms with van der Waals surface area (Å²) in [6.45, 7) is 1.75. The lowest BCUT2D eigenvalue weighted by Crippen LogP contribution is -2.24. The van der Waals surface area contributed by atoms with Gasteiger partial charge in [-0.3, -0.25) is 4.79 Å². The highest BCUT2D eigenvalue weighted by Gasteiger charge is 2.11. The smallest absolute Gasteiger partial charge is 0.244 e. The van der Waals surface area contributed by atoms with Gasteiger partial charge in [0.15, 0.2) is 11.6 Å². The molecular weight excluding hydrogens is 300 g/mol.